The second kappa shape index (κ2) is 7.30. The highest BCUT2D eigenvalue weighted by molar-refractivity contribution is 6.02. The van der Waals surface area contributed by atoms with E-state index in [1.807, 2.05) is 4.90 Å². The molecule has 0 aromatic carbocycles. The van der Waals surface area contributed by atoms with E-state index in [9.17, 15) is 14.9 Å². The number of ether oxygens (including phenoxy) is 1. The highest BCUT2D eigenvalue weighted by atomic mass is 16.6. The van der Waals surface area contributed by atoms with Gasteiger partial charge in [-0.25, -0.2) is 9.79 Å². The van der Waals surface area contributed by atoms with Gasteiger partial charge in [0.2, 0.25) is 11.9 Å². The fourth-order valence-corrected chi connectivity index (χ4v) is 3.94. The second-order valence-corrected chi connectivity index (χ2v) is 6.82. The third kappa shape index (κ3) is 3.41. The Bertz CT molecular complexity index is 598. The van der Waals surface area contributed by atoms with Gasteiger partial charge >= 0.3 is 6.09 Å². The Morgan fingerprint density at radius 2 is 2.00 bits per heavy atom. The van der Waals surface area contributed by atoms with Gasteiger partial charge in [0.1, 0.15) is 0 Å². The van der Waals surface area contributed by atoms with Crippen LogP contribution in [0.15, 0.2) is 4.99 Å². The SMILES string of the molecule is CCOC(=O)N1CCN(C2=NC3(CCCCC3)[C@@H](C#N)C(=O)N2)CC1. The van der Waals surface area contributed by atoms with E-state index in [0.29, 0.717) is 38.7 Å². The van der Waals surface area contributed by atoms with Crippen LogP contribution in [0.3, 0.4) is 0 Å². The summed E-state index contributed by atoms with van der Waals surface area (Å²) in [6, 6.07) is 2.17. The Kier molecular flexibility index (Phi) is 5.11. The highest BCUT2D eigenvalue weighted by Crippen LogP contribution is 2.39. The van der Waals surface area contributed by atoms with Crippen LogP contribution in [0, 0.1) is 17.2 Å². The molecule has 1 spiro atoms. The molecule has 0 bridgehead atoms. The molecule has 8 nitrogen and oxygen atoms in total. The number of rotatable bonds is 1. The molecule has 0 radical (unpaired) electrons. The topological polar surface area (TPSA) is 98.0 Å². The number of hydrogen-bond donors (Lipinski definition) is 1. The van der Waals surface area contributed by atoms with Crippen LogP contribution in [0.1, 0.15) is 39.0 Å². The summed E-state index contributed by atoms with van der Waals surface area (Å²) in [4.78, 5) is 32.8. The first kappa shape index (κ1) is 17.5. The van der Waals surface area contributed by atoms with Crippen LogP contribution in [0.4, 0.5) is 4.79 Å². The Morgan fingerprint density at radius 1 is 1.32 bits per heavy atom. The first-order valence-electron chi connectivity index (χ1n) is 9.06. The summed E-state index contributed by atoms with van der Waals surface area (Å²) in [6.07, 6.45) is 4.39. The molecule has 8 heteroatoms. The Balaban J connectivity index is 1.73. The zero-order valence-electron chi connectivity index (χ0n) is 14.7. The lowest BCUT2D eigenvalue weighted by atomic mass is 9.72. The number of carbonyl (C=O) groups excluding carboxylic acids is 2. The zero-order chi connectivity index (χ0) is 17.9. The van der Waals surface area contributed by atoms with Crippen molar-refractivity contribution in [1.29, 1.82) is 5.26 Å². The predicted molar refractivity (Wildman–Crippen MR) is 90.7 cm³/mol. The quantitative estimate of drug-likeness (QED) is 0.765. The molecular formula is C17H25N5O3. The fraction of sp³-hybridized carbons (Fsp3) is 0.765. The van der Waals surface area contributed by atoms with Crippen molar-refractivity contribution in [1.82, 2.24) is 15.1 Å². The third-order valence-corrected chi connectivity index (χ3v) is 5.32. The molecule has 1 atom stereocenters. The minimum atomic E-state index is -0.711. The normalized spacial score (nSPS) is 25.8. The van der Waals surface area contributed by atoms with E-state index in [0.717, 1.165) is 32.1 Å². The molecular weight excluding hydrogens is 322 g/mol. The van der Waals surface area contributed by atoms with Crippen molar-refractivity contribution in [3.05, 3.63) is 0 Å². The number of nitriles is 1. The molecule has 136 valence electrons. The average molecular weight is 347 g/mol. The Hall–Kier alpha value is -2.30. The van der Waals surface area contributed by atoms with Gasteiger partial charge in [-0.1, -0.05) is 19.3 Å². The molecule has 3 rings (SSSR count). The second-order valence-electron chi connectivity index (χ2n) is 6.82. The number of nitrogens with zero attached hydrogens (tertiary/aromatic N) is 4. The number of nitrogens with one attached hydrogen (secondary N) is 1. The lowest BCUT2D eigenvalue weighted by Crippen LogP contribution is -2.61. The van der Waals surface area contributed by atoms with Gasteiger partial charge in [-0.15, -0.1) is 0 Å². The van der Waals surface area contributed by atoms with E-state index in [1.165, 1.54) is 0 Å². The summed E-state index contributed by atoms with van der Waals surface area (Å²) in [5, 5.41) is 12.3. The molecule has 0 unspecified atom stereocenters. The minimum Gasteiger partial charge on any atom is -0.450 e. The summed E-state index contributed by atoms with van der Waals surface area (Å²) >= 11 is 0. The first-order chi connectivity index (χ1) is 12.1. The molecule has 1 saturated heterocycles. The molecule has 2 heterocycles. The van der Waals surface area contributed by atoms with Gasteiger partial charge < -0.3 is 14.5 Å². The predicted octanol–water partition coefficient (Wildman–Crippen LogP) is 1.09. The number of piperazine rings is 1. The molecule has 2 fully saturated rings. The van der Waals surface area contributed by atoms with Gasteiger partial charge in [0.25, 0.3) is 0 Å². The van der Waals surface area contributed by atoms with Crippen molar-refractivity contribution >= 4 is 18.0 Å². The van der Waals surface area contributed by atoms with Crippen LogP contribution in [-0.4, -0.2) is 66.1 Å². The van der Waals surface area contributed by atoms with Gasteiger partial charge in [-0.2, -0.15) is 5.26 Å². The summed E-state index contributed by atoms with van der Waals surface area (Å²) in [6.45, 7) is 4.39. The Morgan fingerprint density at radius 3 is 2.60 bits per heavy atom. The largest absolute Gasteiger partial charge is 0.450 e. The molecule has 25 heavy (non-hydrogen) atoms. The summed E-state index contributed by atoms with van der Waals surface area (Å²) < 4.78 is 5.03. The van der Waals surface area contributed by atoms with E-state index in [4.69, 9.17) is 9.73 Å². The molecule has 1 aliphatic carbocycles. The molecule has 0 aromatic rings. The van der Waals surface area contributed by atoms with Crippen LogP contribution >= 0.6 is 0 Å². The van der Waals surface area contributed by atoms with Crippen LogP contribution in [-0.2, 0) is 9.53 Å². The van der Waals surface area contributed by atoms with E-state index in [1.54, 1.807) is 11.8 Å². The first-order valence-corrected chi connectivity index (χ1v) is 9.06. The Labute approximate surface area is 147 Å². The summed E-state index contributed by atoms with van der Waals surface area (Å²) in [5.74, 6) is -0.401. The standard InChI is InChI=1S/C17H25N5O3/c1-2-25-16(24)22-10-8-21(9-11-22)15-19-14(23)13(12-18)17(20-15)6-4-3-5-7-17/h13H,2-11H2,1H3,(H,19,20,23)/t13-/m0/s1. The third-order valence-electron chi connectivity index (χ3n) is 5.32. The van der Waals surface area contributed by atoms with Gasteiger partial charge in [0.15, 0.2) is 5.92 Å². The van der Waals surface area contributed by atoms with E-state index in [2.05, 4.69) is 11.4 Å². The van der Waals surface area contributed by atoms with Gasteiger partial charge in [0, 0.05) is 26.2 Å². The molecule has 1 saturated carbocycles. The van der Waals surface area contributed by atoms with Crippen molar-refractivity contribution in [2.75, 3.05) is 32.8 Å². The number of carbonyl (C=O) groups is 2. The number of amides is 2. The van der Waals surface area contributed by atoms with Crippen molar-refractivity contribution in [2.24, 2.45) is 10.9 Å². The van der Waals surface area contributed by atoms with Crippen LogP contribution in [0.2, 0.25) is 0 Å². The van der Waals surface area contributed by atoms with Crippen molar-refractivity contribution < 1.29 is 14.3 Å². The summed E-state index contributed by atoms with van der Waals surface area (Å²) in [5.41, 5.74) is -0.580. The van der Waals surface area contributed by atoms with Crippen LogP contribution in [0.5, 0.6) is 0 Å². The molecule has 0 aromatic heterocycles. The minimum absolute atomic E-state index is 0.248. The average Bonchev–Trinajstić information content (AvgIpc) is 2.62. The van der Waals surface area contributed by atoms with Crippen LogP contribution < -0.4 is 5.32 Å². The number of hydrogen-bond acceptors (Lipinski definition) is 6. The monoisotopic (exact) mass is 347 g/mol. The smallest absolute Gasteiger partial charge is 0.409 e. The summed E-state index contributed by atoms with van der Waals surface area (Å²) in [7, 11) is 0. The maximum atomic E-state index is 12.5. The maximum absolute atomic E-state index is 12.5. The van der Waals surface area contributed by atoms with Gasteiger partial charge in [-0.05, 0) is 19.8 Å². The lowest BCUT2D eigenvalue weighted by Gasteiger charge is -2.43. The lowest BCUT2D eigenvalue weighted by molar-refractivity contribution is -0.125. The molecule has 2 amide bonds. The zero-order valence-corrected chi connectivity index (χ0v) is 14.7. The highest BCUT2D eigenvalue weighted by Gasteiger charge is 2.48. The van der Waals surface area contributed by atoms with E-state index in [-0.39, 0.29) is 12.0 Å². The fourth-order valence-electron chi connectivity index (χ4n) is 3.94. The number of guanidine groups is 1. The van der Waals surface area contributed by atoms with Gasteiger partial charge in [0.05, 0.1) is 18.2 Å². The molecule has 3 aliphatic rings. The molecule has 2 aliphatic heterocycles. The van der Waals surface area contributed by atoms with Gasteiger partial charge in [-0.3, -0.25) is 10.1 Å². The maximum Gasteiger partial charge on any atom is 0.409 e. The molecule has 1 N–H and O–H groups in total. The van der Waals surface area contributed by atoms with Crippen molar-refractivity contribution in [3.63, 3.8) is 0 Å². The van der Waals surface area contributed by atoms with Crippen molar-refractivity contribution in [2.45, 2.75) is 44.6 Å². The van der Waals surface area contributed by atoms with E-state index >= 15 is 0 Å². The van der Waals surface area contributed by atoms with E-state index < -0.39 is 11.5 Å². The van der Waals surface area contributed by atoms with Crippen molar-refractivity contribution in [3.8, 4) is 6.07 Å². The number of aliphatic imine (C=N–C) groups is 1. The van der Waals surface area contributed by atoms with Crippen LogP contribution in [0.25, 0.3) is 0 Å².